The highest BCUT2D eigenvalue weighted by molar-refractivity contribution is 5.85. The van der Waals surface area contributed by atoms with Gasteiger partial charge >= 0.3 is 0 Å². The van der Waals surface area contributed by atoms with Crippen molar-refractivity contribution in [2.75, 3.05) is 6.54 Å². The number of ether oxygens (including phenoxy) is 1. The lowest BCUT2D eigenvalue weighted by atomic mass is 9.48. The molecular weight excluding hydrogens is 338 g/mol. The summed E-state index contributed by atoms with van der Waals surface area (Å²) in [5, 5.41) is 22.4. The third kappa shape index (κ3) is 1.62. The lowest BCUT2D eigenvalue weighted by molar-refractivity contribution is -0.175. The summed E-state index contributed by atoms with van der Waals surface area (Å²) in [5.74, 6) is 0.813. The number of nitrogens with zero attached hydrogens (tertiary/aromatic N) is 1. The van der Waals surface area contributed by atoms with Crippen molar-refractivity contribution in [3.8, 4) is 11.5 Å². The fraction of sp³-hybridized carbons (Fsp3) is 0.600. The van der Waals surface area contributed by atoms with Crippen molar-refractivity contribution in [3.05, 3.63) is 35.4 Å². The Morgan fingerprint density at radius 2 is 2.04 bits per heavy atom. The lowest BCUT2D eigenvalue weighted by Crippen LogP contribution is -2.75. The number of hydrogen-bond acceptors (Lipinski definition) is 4. The molecule has 2 bridgehead atoms. The minimum absolute atomic E-state index is 0. The second-order valence-electron chi connectivity index (χ2n) is 8.44. The van der Waals surface area contributed by atoms with E-state index < -0.39 is 11.0 Å². The van der Waals surface area contributed by atoms with Crippen LogP contribution in [0.4, 0.5) is 0 Å². The molecule has 2 saturated carbocycles. The Balaban J connectivity index is 0.00000140. The average Bonchev–Trinajstić information content (AvgIpc) is 3.32. The van der Waals surface area contributed by atoms with Crippen molar-refractivity contribution in [1.82, 2.24) is 4.90 Å². The molecule has 134 valence electrons. The topological polar surface area (TPSA) is 52.9 Å². The van der Waals surface area contributed by atoms with E-state index in [1.54, 1.807) is 6.07 Å². The zero-order chi connectivity index (χ0) is 16.3. The molecule has 0 radical (unpaired) electrons. The van der Waals surface area contributed by atoms with Crippen molar-refractivity contribution in [2.45, 2.75) is 67.7 Å². The number of halogens is 1. The molecular formula is C20H24ClNO3. The summed E-state index contributed by atoms with van der Waals surface area (Å²) in [4.78, 5) is 2.57. The monoisotopic (exact) mass is 361 g/mol. The van der Waals surface area contributed by atoms with E-state index in [1.165, 1.54) is 18.4 Å². The van der Waals surface area contributed by atoms with Crippen LogP contribution < -0.4 is 4.74 Å². The van der Waals surface area contributed by atoms with E-state index in [-0.39, 0.29) is 30.3 Å². The predicted octanol–water partition coefficient (Wildman–Crippen LogP) is 2.69. The van der Waals surface area contributed by atoms with E-state index in [0.29, 0.717) is 11.8 Å². The lowest BCUT2D eigenvalue weighted by Gasteiger charge is -2.63. The first-order valence-corrected chi connectivity index (χ1v) is 9.24. The third-order valence-corrected chi connectivity index (χ3v) is 7.47. The highest BCUT2D eigenvalue weighted by Crippen LogP contribution is 2.66. The van der Waals surface area contributed by atoms with E-state index in [1.807, 2.05) is 6.07 Å². The van der Waals surface area contributed by atoms with Crippen LogP contribution in [0.25, 0.3) is 0 Å². The smallest absolute Gasteiger partial charge is 0.166 e. The molecule has 1 spiro atoms. The summed E-state index contributed by atoms with van der Waals surface area (Å²) in [6, 6.07) is 4.62. The maximum Gasteiger partial charge on any atom is 0.166 e. The van der Waals surface area contributed by atoms with Gasteiger partial charge in [-0.1, -0.05) is 12.6 Å². The van der Waals surface area contributed by atoms with E-state index in [9.17, 15) is 10.2 Å². The number of likely N-dealkylation sites (tertiary alicyclic amines) is 1. The third-order valence-electron chi connectivity index (χ3n) is 7.47. The summed E-state index contributed by atoms with van der Waals surface area (Å²) < 4.78 is 6.27. The minimum atomic E-state index is -0.772. The Kier molecular flexibility index (Phi) is 3.02. The summed E-state index contributed by atoms with van der Waals surface area (Å²) in [7, 11) is 0. The zero-order valence-electron chi connectivity index (χ0n) is 14.2. The van der Waals surface area contributed by atoms with Gasteiger partial charge in [-0.3, -0.25) is 4.90 Å². The van der Waals surface area contributed by atoms with Crippen LogP contribution in [0.3, 0.4) is 0 Å². The molecule has 3 aliphatic carbocycles. The van der Waals surface area contributed by atoms with Gasteiger partial charge in [0, 0.05) is 17.6 Å². The van der Waals surface area contributed by atoms with Gasteiger partial charge in [0.2, 0.25) is 0 Å². The number of piperidine rings is 1. The van der Waals surface area contributed by atoms with Crippen LogP contribution in [-0.2, 0) is 11.8 Å². The molecule has 2 N–H and O–H groups in total. The number of phenols is 1. The van der Waals surface area contributed by atoms with Crippen LogP contribution in [-0.4, -0.2) is 45.4 Å². The standard InChI is InChI=1S/C20H23NO3.ClH/c1-11-6-7-20(23)15-10-12-2-5-14(22)17-16(12)19(20,18(11)24-17)8-9-21(15)13-3-4-13;/h2,5,13,15,18,22-23H,1,3-4,6-10H2;1H/t15-,18+,19+,20-;/m1./s1. The Hall–Kier alpha value is -1.23. The Morgan fingerprint density at radius 1 is 1.24 bits per heavy atom. The van der Waals surface area contributed by atoms with Crippen LogP contribution in [0.5, 0.6) is 11.5 Å². The van der Waals surface area contributed by atoms with Crippen molar-refractivity contribution in [3.63, 3.8) is 0 Å². The molecule has 5 aliphatic rings. The Morgan fingerprint density at radius 3 is 2.80 bits per heavy atom. The largest absolute Gasteiger partial charge is 0.504 e. The number of hydrogen-bond donors (Lipinski definition) is 2. The van der Waals surface area contributed by atoms with Crippen molar-refractivity contribution in [2.24, 2.45) is 0 Å². The number of phenolic OH excluding ortho intramolecular Hbond substituents is 1. The van der Waals surface area contributed by atoms with Gasteiger partial charge in [-0.15, -0.1) is 12.4 Å². The molecule has 1 aromatic carbocycles. The minimum Gasteiger partial charge on any atom is -0.504 e. The fourth-order valence-electron chi connectivity index (χ4n) is 6.33. The molecule has 0 aromatic heterocycles. The highest BCUT2D eigenvalue weighted by atomic mass is 35.5. The van der Waals surface area contributed by atoms with Gasteiger partial charge in [0.15, 0.2) is 11.5 Å². The van der Waals surface area contributed by atoms with Gasteiger partial charge in [0.25, 0.3) is 0 Å². The molecule has 5 heteroatoms. The zero-order valence-corrected chi connectivity index (χ0v) is 15.0. The molecule has 2 aliphatic heterocycles. The molecule has 1 aromatic rings. The first-order valence-electron chi connectivity index (χ1n) is 9.24. The maximum absolute atomic E-state index is 12.0. The second-order valence-corrected chi connectivity index (χ2v) is 8.44. The van der Waals surface area contributed by atoms with Crippen LogP contribution >= 0.6 is 12.4 Å². The molecule has 1 saturated heterocycles. The van der Waals surface area contributed by atoms with Crippen LogP contribution in [0.15, 0.2) is 24.3 Å². The van der Waals surface area contributed by atoms with Crippen LogP contribution in [0, 0.1) is 0 Å². The first-order chi connectivity index (χ1) is 11.6. The van der Waals surface area contributed by atoms with Crippen LogP contribution in [0.1, 0.15) is 43.2 Å². The number of aliphatic hydroxyl groups is 1. The Bertz CT molecular complexity index is 791. The van der Waals surface area contributed by atoms with Crippen molar-refractivity contribution >= 4 is 12.4 Å². The molecule has 3 fully saturated rings. The summed E-state index contributed by atoms with van der Waals surface area (Å²) in [5.41, 5.74) is 2.22. The SMILES string of the molecule is C=C1CC[C@@]2(O)[C@H]3Cc4ccc(O)c5c4[C@@]2(CCN3C2CC2)[C@H]1O5.Cl. The molecule has 0 unspecified atom stereocenters. The molecule has 4 atom stereocenters. The van der Waals surface area contributed by atoms with E-state index >= 15 is 0 Å². The number of aromatic hydroxyl groups is 1. The fourth-order valence-corrected chi connectivity index (χ4v) is 6.33. The Labute approximate surface area is 153 Å². The quantitative estimate of drug-likeness (QED) is 0.755. The first kappa shape index (κ1) is 16.0. The molecule has 0 amide bonds. The molecule has 4 nitrogen and oxygen atoms in total. The van der Waals surface area contributed by atoms with Crippen molar-refractivity contribution < 1.29 is 14.9 Å². The van der Waals surface area contributed by atoms with E-state index in [2.05, 4.69) is 11.5 Å². The van der Waals surface area contributed by atoms with E-state index in [0.717, 1.165) is 43.4 Å². The van der Waals surface area contributed by atoms with Crippen molar-refractivity contribution in [1.29, 1.82) is 0 Å². The number of benzene rings is 1. The molecule has 6 rings (SSSR count). The van der Waals surface area contributed by atoms with Gasteiger partial charge in [0.05, 0.1) is 11.0 Å². The van der Waals surface area contributed by atoms with Gasteiger partial charge in [0.1, 0.15) is 6.10 Å². The summed E-state index contributed by atoms with van der Waals surface area (Å²) in [6.07, 6.45) is 5.65. The maximum atomic E-state index is 12.0. The average molecular weight is 362 g/mol. The summed E-state index contributed by atoms with van der Waals surface area (Å²) in [6.45, 7) is 5.28. The summed E-state index contributed by atoms with van der Waals surface area (Å²) >= 11 is 0. The normalized spacial score (nSPS) is 40.9. The van der Waals surface area contributed by atoms with E-state index in [4.69, 9.17) is 4.74 Å². The molecule has 2 heterocycles. The van der Waals surface area contributed by atoms with Gasteiger partial charge < -0.3 is 14.9 Å². The van der Waals surface area contributed by atoms with Gasteiger partial charge in [-0.2, -0.15) is 0 Å². The van der Waals surface area contributed by atoms with Gasteiger partial charge in [-0.05, 0) is 62.3 Å². The predicted molar refractivity (Wildman–Crippen MR) is 96.6 cm³/mol. The van der Waals surface area contributed by atoms with Gasteiger partial charge in [-0.25, -0.2) is 0 Å². The highest BCUT2D eigenvalue weighted by Gasteiger charge is 2.72. The van der Waals surface area contributed by atoms with Crippen LogP contribution in [0.2, 0.25) is 0 Å². The molecule has 25 heavy (non-hydrogen) atoms. The second kappa shape index (κ2) is 4.73. The number of rotatable bonds is 1.